The minimum Gasteiger partial charge on any atom is -0.0956 e. The van der Waals surface area contributed by atoms with Crippen molar-refractivity contribution in [1.82, 2.24) is 0 Å². The molecule has 0 radical (unpaired) electrons. The van der Waals surface area contributed by atoms with Gasteiger partial charge in [0.2, 0.25) is 0 Å². The molecule has 2 fully saturated rings. The molecule has 3 aliphatic carbocycles. The third kappa shape index (κ3) is 5.74. The second-order valence-corrected chi connectivity index (χ2v) is 11.6. The molecule has 0 heterocycles. The van der Waals surface area contributed by atoms with Crippen LogP contribution in [-0.2, 0) is 12.8 Å². The minimum absolute atomic E-state index is 0.753. The Morgan fingerprint density at radius 3 is 2.40 bits per heavy atom. The van der Waals surface area contributed by atoms with E-state index in [0.717, 1.165) is 37.0 Å². The fourth-order valence-electron chi connectivity index (χ4n) is 6.92. The van der Waals surface area contributed by atoms with E-state index in [9.17, 15) is 0 Å². The molecule has 2 aromatic rings. The van der Waals surface area contributed by atoms with Gasteiger partial charge in [-0.3, -0.25) is 0 Å². The molecule has 0 N–H and O–H groups in total. The standard InChI is InChI=1S/C35H44/c1-4-25(2)26(3)20-27-16-18-28(19-17-27)21-29-22-32(30-10-6-5-7-11-30)24-33(23-29)35-15-9-13-31-12-8-14-34(31)35/h8-9,13-15,22-24,27-28,30H,2-7,10-12,16-21H2,1H3. The SMILES string of the molecule is C=C(CC)C(=C)CC1CCC(Cc2cc(-c3cccc4c3C=CC4)cc(C3CCCCC3)c2)CC1. The van der Waals surface area contributed by atoms with Crippen LogP contribution < -0.4 is 0 Å². The van der Waals surface area contributed by atoms with Crippen LogP contribution >= 0.6 is 0 Å². The molecule has 0 amide bonds. The lowest BCUT2D eigenvalue weighted by Crippen LogP contribution is -2.17. The van der Waals surface area contributed by atoms with Crippen LogP contribution in [0.1, 0.15) is 106 Å². The monoisotopic (exact) mass is 464 g/mol. The molecule has 0 atom stereocenters. The summed E-state index contributed by atoms with van der Waals surface area (Å²) in [5.74, 6) is 2.39. The third-order valence-electron chi connectivity index (χ3n) is 9.17. The van der Waals surface area contributed by atoms with E-state index in [-0.39, 0.29) is 0 Å². The lowest BCUT2D eigenvalue weighted by atomic mass is 9.76. The fraction of sp³-hybridized carbons (Fsp3) is 0.486. The van der Waals surface area contributed by atoms with Crippen molar-refractivity contribution in [3.05, 3.63) is 89.0 Å². The Hall–Kier alpha value is -2.34. The number of benzene rings is 2. The summed E-state index contributed by atoms with van der Waals surface area (Å²) in [5, 5.41) is 0. The number of allylic oxidation sites excluding steroid dienone is 3. The largest absolute Gasteiger partial charge is 0.0956 e. The maximum atomic E-state index is 4.32. The van der Waals surface area contributed by atoms with Crippen molar-refractivity contribution in [3.63, 3.8) is 0 Å². The predicted octanol–water partition coefficient (Wildman–Crippen LogP) is 10.2. The Labute approximate surface area is 214 Å². The summed E-state index contributed by atoms with van der Waals surface area (Å²) in [4.78, 5) is 0. The van der Waals surface area contributed by atoms with Gasteiger partial charge in [-0.15, -0.1) is 0 Å². The molecule has 35 heavy (non-hydrogen) atoms. The molecule has 2 saturated carbocycles. The molecule has 0 nitrogen and oxygen atoms in total. The molecule has 5 rings (SSSR count). The Bertz CT molecular complexity index is 1080. The van der Waals surface area contributed by atoms with E-state index in [4.69, 9.17) is 0 Å². The Balaban J connectivity index is 1.34. The molecule has 0 aromatic heterocycles. The highest BCUT2D eigenvalue weighted by Crippen LogP contribution is 2.40. The minimum atomic E-state index is 0.753. The van der Waals surface area contributed by atoms with Crippen molar-refractivity contribution in [1.29, 1.82) is 0 Å². The van der Waals surface area contributed by atoms with Gasteiger partial charge < -0.3 is 0 Å². The van der Waals surface area contributed by atoms with Crippen LogP contribution in [0.15, 0.2) is 66.8 Å². The number of rotatable bonds is 8. The first-order valence-electron chi connectivity index (χ1n) is 14.4. The van der Waals surface area contributed by atoms with Crippen LogP contribution in [-0.4, -0.2) is 0 Å². The van der Waals surface area contributed by atoms with E-state index >= 15 is 0 Å². The highest BCUT2D eigenvalue weighted by Gasteiger charge is 2.24. The average Bonchev–Trinajstić information content (AvgIpc) is 3.39. The van der Waals surface area contributed by atoms with E-state index < -0.39 is 0 Å². The van der Waals surface area contributed by atoms with Crippen molar-refractivity contribution < 1.29 is 0 Å². The maximum absolute atomic E-state index is 4.32. The van der Waals surface area contributed by atoms with Crippen LogP contribution in [0.25, 0.3) is 17.2 Å². The molecule has 2 aromatic carbocycles. The normalized spacial score (nSPS) is 22.2. The van der Waals surface area contributed by atoms with Crippen LogP contribution in [0, 0.1) is 11.8 Å². The molecule has 0 saturated heterocycles. The van der Waals surface area contributed by atoms with Crippen LogP contribution in [0.2, 0.25) is 0 Å². The summed E-state index contributed by atoms with van der Waals surface area (Å²) in [6, 6.07) is 14.6. The maximum Gasteiger partial charge on any atom is -0.00879 e. The molecular weight excluding hydrogens is 420 g/mol. The quantitative estimate of drug-likeness (QED) is 0.341. The molecule has 0 heteroatoms. The highest BCUT2D eigenvalue weighted by molar-refractivity contribution is 5.80. The summed E-state index contributed by atoms with van der Waals surface area (Å²) >= 11 is 0. The third-order valence-corrected chi connectivity index (χ3v) is 9.17. The summed E-state index contributed by atoms with van der Waals surface area (Å²) < 4.78 is 0. The van der Waals surface area contributed by atoms with Crippen LogP contribution in [0.5, 0.6) is 0 Å². The van der Waals surface area contributed by atoms with Crippen molar-refractivity contribution >= 4 is 6.08 Å². The first-order valence-corrected chi connectivity index (χ1v) is 14.4. The van der Waals surface area contributed by atoms with Gasteiger partial charge in [-0.2, -0.15) is 0 Å². The van der Waals surface area contributed by atoms with Gasteiger partial charge in [0.1, 0.15) is 0 Å². The predicted molar refractivity (Wildman–Crippen MR) is 153 cm³/mol. The van der Waals surface area contributed by atoms with Crippen molar-refractivity contribution in [2.45, 2.75) is 96.3 Å². The van der Waals surface area contributed by atoms with Crippen LogP contribution in [0.4, 0.5) is 0 Å². The molecule has 0 aliphatic heterocycles. The average molecular weight is 465 g/mol. The molecule has 184 valence electrons. The van der Waals surface area contributed by atoms with E-state index in [1.54, 1.807) is 11.1 Å². The van der Waals surface area contributed by atoms with Gasteiger partial charge in [-0.1, -0.05) is 99.0 Å². The zero-order valence-electron chi connectivity index (χ0n) is 22.0. The molecule has 0 bridgehead atoms. The summed E-state index contributed by atoms with van der Waals surface area (Å²) in [6.07, 6.45) is 21.6. The van der Waals surface area contributed by atoms with Gasteiger partial charge in [0, 0.05) is 0 Å². The lowest BCUT2D eigenvalue weighted by Gasteiger charge is -2.30. The van der Waals surface area contributed by atoms with Crippen molar-refractivity contribution in [2.24, 2.45) is 11.8 Å². The van der Waals surface area contributed by atoms with Gasteiger partial charge in [-0.25, -0.2) is 0 Å². The van der Waals surface area contributed by atoms with Gasteiger partial charge >= 0.3 is 0 Å². The highest BCUT2D eigenvalue weighted by atomic mass is 14.3. The second kappa shape index (κ2) is 11.2. The summed E-state index contributed by atoms with van der Waals surface area (Å²) in [5.41, 5.74) is 11.6. The first kappa shape index (κ1) is 24.4. The zero-order valence-corrected chi connectivity index (χ0v) is 22.0. The molecular formula is C35H44. The van der Waals surface area contributed by atoms with Gasteiger partial charge in [0.25, 0.3) is 0 Å². The van der Waals surface area contributed by atoms with Crippen LogP contribution in [0.3, 0.4) is 0 Å². The van der Waals surface area contributed by atoms with Gasteiger partial charge in [-0.05, 0) is 115 Å². The van der Waals surface area contributed by atoms with E-state index in [1.165, 1.54) is 97.6 Å². The summed E-state index contributed by atoms with van der Waals surface area (Å²) in [7, 11) is 0. The summed E-state index contributed by atoms with van der Waals surface area (Å²) in [6.45, 7) is 10.7. The number of fused-ring (bicyclic) bond motifs is 1. The Morgan fingerprint density at radius 2 is 1.63 bits per heavy atom. The van der Waals surface area contributed by atoms with E-state index in [0.29, 0.717) is 0 Å². The van der Waals surface area contributed by atoms with E-state index in [1.807, 2.05) is 0 Å². The molecule has 3 aliphatic rings. The molecule has 0 unspecified atom stereocenters. The first-order chi connectivity index (χ1) is 17.1. The van der Waals surface area contributed by atoms with Gasteiger partial charge in [0.05, 0.1) is 0 Å². The van der Waals surface area contributed by atoms with Crippen molar-refractivity contribution in [2.75, 3.05) is 0 Å². The number of hydrogen-bond acceptors (Lipinski definition) is 0. The second-order valence-electron chi connectivity index (χ2n) is 11.6. The van der Waals surface area contributed by atoms with Crippen molar-refractivity contribution in [3.8, 4) is 11.1 Å². The van der Waals surface area contributed by atoms with E-state index in [2.05, 4.69) is 68.6 Å². The Morgan fingerprint density at radius 1 is 0.857 bits per heavy atom. The number of hydrogen-bond donors (Lipinski definition) is 0. The molecule has 0 spiro atoms. The van der Waals surface area contributed by atoms with Gasteiger partial charge in [0.15, 0.2) is 0 Å². The topological polar surface area (TPSA) is 0 Å². The lowest BCUT2D eigenvalue weighted by molar-refractivity contribution is 0.272. The smallest absolute Gasteiger partial charge is 0.00879 e. The zero-order chi connectivity index (χ0) is 24.2. The Kier molecular flexibility index (Phi) is 7.76. The fourth-order valence-corrected chi connectivity index (χ4v) is 6.92.